The molecule has 0 aromatic heterocycles. The molecule has 2 amide bonds. The molecule has 0 spiro atoms. The molecule has 0 atom stereocenters. The van der Waals surface area contributed by atoms with Gasteiger partial charge in [-0.3, -0.25) is 9.59 Å². The first-order valence-corrected chi connectivity index (χ1v) is 10.2. The summed E-state index contributed by atoms with van der Waals surface area (Å²) in [5, 5.41) is 5.22. The molecule has 0 aliphatic heterocycles. The molecule has 29 heavy (non-hydrogen) atoms. The lowest BCUT2D eigenvalue weighted by Gasteiger charge is -2.12. The monoisotopic (exact) mass is 444 g/mol. The first kappa shape index (κ1) is 23.1. The van der Waals surface area contributed by atoms with E-state index in [1.54, 1.807) is 24.3 Å². The maximum Gasteiger partial charge on any atom is 0.416 e. The standard InChI is InChI=1S/C20H20ClF3N2O2S/c1-2-3-7-18(27)25-14-5-4-6-15(11-14)29-12-19(28)26-17-10-13(20(22,23)24)8-9-16(17)21/h4-6,8-11H,2-3,7,12H2,1H3,(H,25,27)(H,26,28). The maximum atomic E-state index is 12.8. The van der Waals surface area contributed by atoms with Crippen molar-refractivity contribution in [2.75, 3.05) is 16.4 Å². The minimum absolute atomic E-state index is 0.0214. The average Bonchev–Trinajstić information content (AvgIpc) is 2.66. The van der Waals surface area contributed by atoms with Gasteiger partial charge in [0.1, 0.15) is 0 Å². The largest absolute Gasteiger partial charge is 0.416 e. The van der Waals surface area contributed by atoms with Gasteiger partial charge in [-0.15, -0.1) is 11.8 Å². The number of alkyl halides is 3. The van der Waals surface area contributed by atoms with Crippen LogP contribution in [0, 0.1) is 0 Å². The van der Waals surface area contributed by atoms with E-state index in [1.165, 1.54) is 11.8 Å². The second kappa shape index (κ2) is 10.5. The van der Waals surface area contributed by atoms with E-state index < -0.39 is 17.6 Å². The van der Waals surface area contributed by atoms with Gasteiger partial charge in [-0.25, -0.2) is 0 Å². The zero-order valence-corrected chi connectivity index (χ0v) is 17.2. The number of carbonyl (C=O) groups excluding carboxylic acids is 2. The molecule has 0 radical (unpaired) electrons. The van der Waals surface area contributed by atoms with Gasteiger partial charge in [-0.05, 0) is 42.8 Å². The summed E-state index contributed by atoms with van der Waals surface area (Å²) in [6.45, 7) is 2.00. The van der Waals surface area contributed by atoms with Gasteiger partial charge < -0.3 is 10.6 Å². The second-order valence-electron chi connectivity index (χ2n) is 6.21. The Kier molecular flexibility index (Phi) is 8.40. The van der Waals surface area contributed by atoms with Crippen LogP contribution in [-0.4, -0.2) is 17.6 Å². The van der Waals surface area contributed by atoms with Gasteiger partial charge in [-0.1, -0.05) is 31.0 Å². The lowest BCUT2D eigenvalue weighted by atomic mass is 10.2. The summed E-state index contributed by atoms with van der Waals surface area (Å²) in [5.41, 5.74) is -0.363. The number of hydrogen-bond donors (Lipinski definition) is 2. The zero-order valence-electron chi connectivity index (χ0n) is 15.6. The summed E-state index contributed by atoms with van der Waals surface area (Å²) < 4.78 is 38.4. The number of halogens is 4. The molecule has 2 aromatic carbocycles. The van der Waals surface area contributed by atoms with Gasteiger partial charge >= 0.3 is 6.18 Å². The fraction of sp³-hybridized carbons (Fsp3) is 0.300. The number of nitrogens with one attached hydrogen (secondary N) is 2. The van der Waals surface area contributed by atoms with Gasteiger partial charge in [0.15, 0.2) is 0 Å². The molecule has 4 nitrogen and oxygen atoms in total. The quantitative estimate of drug-likeness (QED) is 0.475. The van der Waals surface area contributed by atoms with Gasteiger partial charge in [0.05, 0.1) is 22.0 Å². The summed E-state index contributed by atoms with van der Waals surface area (Å²) in [4.78, 5) is 24.7. The Morgan fingerprint density at radius 1 is 1.07 bits per heavy atom. The lowest BCUT2D eigenvalue weighted by Crippen LogP contribution is -2.15. The molecule has 0 heterocycles. The Bertz CT molecular complexity index is 875. The van der Waals surface area contributed by atoms with Crippen LogP contribution in [0.5, 0.6) is 0 Å². The van der Waals surface area contributed by atoms with Crippen LogP contribution in [0.2, 0.25) is 5.02 Å². The van der Waals surface area contributed by atoms with Crippen LogP contribution < -0.4 is 10.6 Å². The van der Waals surface area contributed by atoms with Crippen molar-refractivity contribution in [2.45, 2.75) is 37.3 Å². The summed E-state index contributed by atoms with van der Waals surface area (Å²) in [7, 11) is 0. The topological polar surface area (TPSA) is 58.2 Å². The highest BCUT2D eigenvalue weighted by atomic mass is 35.5. The van der Waals surface area contributed by atoms with Crippen LogP contribution >= 0.6 is 23.4 Å². The van der Waals surface area contributed by atoms with Gasteiger partial charge in [-0.2, -0.15) is 13.2 Å². The van der Waals surface area contributed by atoms with E-state index in [1.807, 2.05) is 6.92 Å². The van der Waals surface area contributed by atoms with Crippen molar-refractivity contribution in [1.29, 1.82) is 0 Å². The number of amides is 2. The minimum atomic E-state index is -4.53. The van der Waals surface area contributed by atoms with Crippen molar-refractivity contribution < 1.29 is 22.8 Å². The van der Waals surface area contributed by atoms with Crippen molar-refractivity contribution in [3.05, 3.63) is 53.1 Å². The summed E-state index contributed by atoms with van der Waals surface area (Å²) in [6, 6.07) is 9.76. The fourth-order valence-electron chi connectivity index (χ4n) is 2.36. The van der Waals surface area contributed by atoms with Crippen LogP contribution in [0.15, 0.2) is 47.4 Å². The Morgan fingerprint density at radius 2 is 1.83 bits per heavy atom. The predicted octanol–water partition coefficient (Wildman–Crippen LogP) is 6.22. The Balaban J connectivity index is 1.94. The van der Waals surface area contributed by atoms with Crippen LogP contribution in [0.3, 0.4) is 0 Å². The SMILES string of the molecule is CCCCC(=O)Nc1cccc(SCC(=O)Nc2cc(C(F)(F)F)ccc2Cl)c1. The number of carbonyl (C=O) groups is 2. The zero-order chi connectivity index (χ0) is 21.4. The highest BCUT2D eigenvalue weighted by Gasteiger charge is 2.31. The molecule has 0 saturated carbocycles. The lowest BCUT2D eigenvalue weighted by molar-refractivity contribution is -0.137. The third kappa shape index (κ3) is 7.62. The van der Waals surface area contributed by atoms with Crippen molar-refractivity contribution in [1.82, 2.24) is 0 Å². The van der Waals surface area contributed by atoms with Gasteiger partial charge in [0.25, 0.3) is 0 Å². The number of rotatable bonds is 8. The summed E-state index contributed by atoms with van der Waals surface area (Å²) >= 11 is 7.08. The molecule has 2 aromatic rings. The molecule has 0 unspecified atom stereocenters. The highest BCUT2D eigenvalue weighted by molar-refractivity contribution is 8.00. The van der Waals surface area contributed by atoms with E-state index in [9.17, 15) is 22.8 Å². The van der Waals surface area contributed by atoms with Crippen LogP contribution in [-0.2, 0) is 15.8 Å². The van der Waals surface area contributed by atoms with Crippen LogP contribution in [0.1, 0.15) is 31.7 Å². The predicted molar refractivity (Wildman–Crippen MR) is 110 cm³/mol. The van der Waals surface area contributed by atoms with Crippen LogP contribution in [0.4, 0.5) is 24.5 Å². The Labute approximate surface area is 176 Å². The molecule has 0 bridgehead atoms. The van der Waals surface area contributed by atoms with Gasteiger partial charge in [0, 0.05) is 17.0 Å². The summed E-state index contributed by atoms with van der Waals surface area (Å²) in [5.74, 6) is -0.598. The molecule has 0 aliphatic rings. The third-order valence-corrected chi connectivity index (χ3v) is 5.14. The van der Waals surface area contributed by atoms with Crippen molar-refractivity contribution in [2.24, 2.45) is 0 Å². The number of hydrogen-bond acceptors (Lipinski definition) is 3. The minimum Gasteiger partial charge on any atom is -0.326 e. The molecule has 0 aliphatic carbocycles. The van der Waals surface area contributed by atoms with Crippen molar-refractivity contribution >= 4 is 46.6 Å². The second-order valence-corrected chi connectivity index (χ2v) is 7.66. The number of anilines is 2. The Morgan fingerprint density at radius 3 is 2.52 bits per heavy atom. The first-order chi connectivity index (χ1) is 13.7. The molecule has 0 fully saturated rings. The van der Waals surface area contributed by atoms with E-state index >= 15 is 0 Å². The van der Waals surface area contributed by atoms with Crippen molar-refractivity contribution in [3.8, 4) is 0 Å². The van der Waals surface area contributed by atoms with Crippen molar-refractivity contribution in [3.63, 3.8) is 0 Å². The number of unbranched alkanes of at least 4 members (excludes halogenated alkanes) is 1. The first-order valence-electron chi connectivity index (χ1n) is 8.88. The highest BCUT2D eigenvalue weighted by Crippen LogP contribution is 2.34. The number of thioether (sulfide) groups is 1. The normalized spacial score (nSPS) is 11.2. The molecular formula is C20H20ClF3N2O2S. The van der Waals surface area contributed by atoms with E-state index in [0.717, 1.165) is 35.9 Å². The smallest absolute Gasteiger partial charge is 0.326 e. The summed E-state index contributed by atoms with van der Waals surface area (Å²) in [6.07, 6.45) is -2.36. The molecule has 2 rings (SSSR count). The van der Waals surface area contributed by atoms with E-state index in [-0.39, 0.29) is 22.4 Å². The average molecular weight is 445 g/mol. The molecule has 156 valence electrons. The molecule has 9 heteroatoms. The van der Waals surface area contributed by atoms with E-state index in [4.69, 9.17) is 11.6 Å². The Hall–Kier alpha value is -2.19. The fourth-order valence-corrected chi connectivity index (χ4v) is 3.28. The molecule has 2 N–H and O–H groups in total. The van der Waals surface area contributed by atoms with E-state index in [2.05, 4.69) is 10.6 Å². The van der Waals surface area contributed by atoms with Crippen LogP contribution in [0.25, 0.3) is 0 Å². The number of benzene rings is 2. The molecule has 0 saturated heterocycles. The third-order valence-electron chi connectivity index (χ3n) is 3.81. The van der Waals surface area contributed by atoms with Gasteiger partial charge in [0.2, 0.25) is 11.8 Å². The van der Waals surface area contributed by atoms with E-state index in [0.29, 0.717) is 12.1 Å². The molecular weight excluding hydrogens is 425 g/mol. The maximum absolute atomic E-state index is 12.8.